The maximum atomic E-state index is 13.2. The molecule has 77 heavy (non-hydrogen) atoms. The SMILES string of the molecule is CC/C=C\C/C=C\C/C=C\C/C=C\CCCCC(=O)OC1C(OCC(COC(=O)CCCCCCCCC/C=C\C/C=C\C/C=C\CC)OC(=O)CCCCCCC/C=C\C/C=C\CCCCC)OC(C(=O)O)C(O)C1O. The second-order valence-electron chi connectivity index (χ2n) is 19.9. The van der Waals surface area contributed by atoms with E-state index in [1.54, 1.807) is 0 Å². The number of esters is 3. The first kappa shape index (κ1) is 70.4. The highest BCUT2D eigenvalue weighted by molar-refractivity contribution is 5.74. The van der Waals surface area contributed by atoms with Gasteiger partial charge in [-0.3, -0.25) is 14.4 Å². The van der Waals surface area contributed by atoms with Gasteiger partial charge in [0.15, 0.2) is 24.6 Å². The van der Waals surface area contributed by atoms with Crippen LogP contribution in [0.3, 0.4) is 0 Å². The van der Waals surface area contributed by atoms with Crippen molar-refractivity contribution in [3.8, 4) is 0 Å². The van der Waals surface area contributed by atoms with E-state index in [1.165, 1.54) is 25.7 Å². The molecular weight excluding hydrogens is 973 g/mol. The predicted octanol–water partition coefficient (Wildman–Crippen LogP) is 15.4. The quantitative estimate of drug-likeness (QED) is 0.0228. The molecule has 0 aliphatic carbocycles. The normalized spacial score (nSPS) is 18.8. The summed E-state index contributed by atoms with van der Waals surface area (Å²) in [5.74, 6) is -3.22. The monoisotopic (exact) mass is 1080 g/mol. The smallest absolute Gasteiger partial charge is 0.335 e. The largest absolute Gasteiger partial charge is 0.479 e. The third-order valence-electron chi connectivity index (χ3n) is 12.8. The van der Waals surface area contributed by atoms with Gasteiger partial charge in [0.1, 0.15) is 18.8 Å². The number of hydrogen-bond acceptors (Lipinski definition) is 11. The molecule has 1 aliphatic rings. The van der Waals surface area contributed by atoms with Gasteiger partial charge < -0.3 is 39.0 Å². The molecule has 3 N–H and O–H groups in total. The number of unbranched alkanes of at least 4 members (excludes halogenated alkanes) is 17. The van der Waals surface area contributed by atoms with Gasteiger partial charge in [-0.25, -0.2) is 4.79 Å². The highest BCUT2D eigenvalue weighted by Crippen LogP contribution is 2.26. The lowest BCUT2D eigenvalue weighted by Gasteiger charge is -2.40. The molecule has 0 aromatic rings. The maximum Gasteiger partial charge on any atom is 0.335 e. The van der Waals surface area contributed by atoms with Gasteiger partial charge in [0.2, 0.25) is 0 Å². The van der Waals surface area contributed by atoms with Gasteiger partial charge >= 0.3 is 23.9 Å². The number of ether oxygens (including phenoxy) is 5. The Morgan fingerprint density at radius 2 is 0.818 bits per heavy atom. The van der Waals surface area contributed by atoms with Crippen LogP contribution in [0.2, 0.25) is 0 Å². The summed E-state index contributed by atoms with van der Waals surface area (Å²) in [5.41, 5.74) is 0. The Labute approximate surface area is 465 Å². The van der Waals surface area contributed by atoms with Gasteiger partial charge in [0.25, 0.3) is 0 Å². The van der Waals surface area contributed by atoms with Crippen molar-refractivity contribution in [1.29, 1.82) is 0 Å². The molecule has 0 spiro atoms. The highest BCUT2D eigenvalue weighted by atomic mass is 16.7. The van der Waals surface area contributed by atoms with Crippen molar-refractivity contribution in [1.82, 2.24) is 0 Å². The van der Waals surface area contributed by atoms with Crippen molar-refractivity contribution >= 4 is 23.9 Å². The van der Waals surface area contributed by atoms with Crippen LogP contribution in [0.15, 0.2) is 109 Å². The van der Waals surface area contributed by atoms with E-state index >= 15 is 0 Å². The topological polar surface area (TPSA) is 175 Å². The minimum absolute atomic E-state index is 0.000515. The number of aliphatic carboxylic acids is 1. The van der Waals surface area contributed by atoms with Gasteiger partial charge in [-0.2, -0.15) is 0 Å². The number of carboxylic acids is 1. The number of aliphatic hydroxyl groups excluding tert-OH is 2. The highest BCUT2D eigenvalue weighted by Gasteiger charge is 2.50. The Kier molecular flexibility index (Phi) is 47.6. The first-order chi connectivity index (χ1) is 37.6. The van der Waals surface area contributed by atoms with Crippen LogP contribution >= 0.6 is 0 Å². The molecule has 1 aliphatic heterocycles. The van der Waals surface area contributed by atoms with E-state index in [0.29, 0.717) is 25.7 Å². The summed E-state index contributed by atoms with van der Waals surface area (Å²) in [5, 5.41) is 31.5. The molecule has 1 saturated heterocycles. The molecule has 12 heteroatoms. The van der Waals surface area contributed by atoms with Crippen molar-refractivity contribution < 1.29 is 58.2 Å². The molecule has 0 radical (unpaired) electrons. The zero-order valence-electron chi connectivity index (χ0n) is 47.9. The van der Waals surface area contributed by atoms with Crippen LogP contribution in [0.25, 0.3) is 0 Å². The number of carbonyl (C=O) groups is 4. The van der Waals surface area contributed by atoms with Gasteiger partial charge in [0, 0.05) is 19.3 Å². The van der Waals surface area contributed by atoms with Crippen molar-refractivity contribution in [2.75, 3.05) is 13.2 Å². The first-order valence-electron chi connectivity index (χ1n) is 29.9. The zero-order valence-corrected chi connectivity index (χ0v) is 47.9. The Morgan fingerprint density at radius 1 is 0.442 bits per heavy atom. The summed E-state index contributed by atoms with van der Waals surface area (Å²) in [7, 11) is 0. The van der Waals surface area contributed by atoms with E-state index in [1.807, 2.05) is 0 Å². The van der Waals surface area contributed by atoms with E-state index < -0.39 is 67.3 Å². The molecule has 0 aromatic carbocycles. The standard InChI is InChI=1S/C65H104O12/c1-4-7-10-13-16-19-22-25-28-29-32-33-36-39-42-45-48-51-57(66)73-54-56(75-58(67)52-49-46-43-40-37-34-30-26-23-20-17-14-11-8-5-2)55-74-65-63(61(70)60(69)62(77-65)64(71)72)76-59(68)53-50-47-44-41-38-35-31-27-24-21-18-15-12-9-6-3/h7,9-10,12,16-21,25-28,30-31,38,41,56,60-63,65,69-70H,4-6,8,11,13-15,22-24,29,32-37,39-40,42-55H2,1-3H3,(H,71,72)/b10-7-,12-9-,19-16-,20-17-,21-18-,28-25-,30-26-,31-27-,41-38-. The van der Waals surface area contributed by atoms with Crippen molar-refractivity contribution in [2.45, 2.75) is 263 Å². The van der Waals surface area contributed by atoms with Crippen molar-refractivity contribution in [3.05, 3.63) is 109 Å². The fourth-order valence-corrected chi connectivity index (χ4v) is 8.28. The fourth-order valence-electron chi connectivity index (χ4n) is 8.28. The summed E-state index contributed by atoms with van der Waals surface area (Å²) in [6.45, 7) is 5.70. The maximum absolute atomic E-state index is 13.2. The predicted molar refractivity (Wildman–Crippen MR) is 312 cm³/mol. The van der Waals surface area contributed by atoms with E-state index in [-0.39, 0.29) is 25.9 Å². The van der Waals surface area contributed by atoms with Gasteiger partial charge in [0.05, 0.1) is 6.61 Å². The van der Waals surface area contributed by atoms with E-state index in [2.05, 4.69) is 130 Å². The molecule has 1 rings (SSSR count). The van der Waals surface area contributed by atoms with Crippen LogP contribution in [0.5, 0.6) is 0 Å². The molecule has 6 unspecified atom stereocenters. The summed E-state index contributed by atoms with van der Waals surface area (Å²) < 4.78 is 28.4. The molecule has 6 atom stereocenters. The zero-order chi connectivity index (χ0) is 56.1. The molecule has 0 bridgehead atoms. The molecule has 0 amide bonds. The number of rotatable bonds is 49. The first-order valence-corrected chi connectivity index (χ1v) is 29.9. The molecule has 0 saturated carbocycles. The van der Waals surface area contributed by atoms with Crippen LogP contribution in [0.4, 0.5) is 0 Å². The average Bonchev–Trinajstić information content (AvgIpc) is 3.43. The lowest BCUT2D eigenvalue weighted by atomic mass is 9.98. The number of aliphatic hydroxyl groups is 2. The average molecular weight is 1080 g/mol. The second-order valence-corrected chi connectivity index (χ2v) is 19.9. The Balaban J connectivity index is 2.73. The van der Waals surface area contributed by atoms with Crippen molar-refractivity contribution in [2.24, 2.45) is 0 Å². The van der Waals surface area contributed by atoms with E-state index in [4.69, 9.17) is 23.7 Å². The molecule has 436 valence electrons. The van der Waals surface area contributed by atoms with Crippen LogP contribution in [0, 0.1) is 0 Å². The van der Waals surface area contributed by atoms with Gasteiger partial charge in [-0.05, 0) is 122 Å². The van der Waals surface area contributed by atoms with Crippen molar-refractivity contribution in [3.63, 3.8) is 0 Å². The third kappa shape index (κ3) is 42.1. The molecular formula is C65H104O12. The fraction of sp³-hybridized carbons (Fsp3) is 0.662. The summed E-state index contributed by atoms with van der Waals surface area (Å²) in [6, 6.07) is 0. The van der Waals surface area contributed by atoms with Crippen LogP contribution in [-0.4, -0.2) is 89.2 Å². The van der Waals surface area contributed by atoms with Gasteiger partial charge in [-0.15, -0.1) is 0 Å². The van der Waals surface area contributed by atoms with Crippen LogP contribution in [0.1, 0.15) is 226 Å². The second kappa shape index (κ2) is 52.1. The number of allylic oxidation sites excluding steroid dienone is 18. The summed E-state index contributed by atoms with van der Waals surface area (Å²) >= 11 is 0. The lowest BCUT2D eigenvalue weighted by Crippen LogP contribution is -2.61. The van der Waals surface area contributed by atoms with E-state index in [9.17, 15) is 34.5 Å². The van der Waals surface area contributed by atoms with Crippen LogP contribution < -0.4 is 0 Å². The molecule has 0 aromatic heterocycles. The summed E-state index contributed by atoms with van der Waals surface area (Å²) in [4.78, 5) is 51.2. The van der Waals surface area contributed by atoms with Gasteiger partial charge in [-0.1, -0.05) is 194 Å². The number of carboxylic acid groups (broad SMARTS) is 1. The minimum atomic E-state index is -1.93. The summed E-state index contributed by atoms with van der Waals surface area (Å²) in [6.07, 6.45) is 57.7. The molecule has 1 fully saturated rings. The Bertz CT molecular complexity index is 1750. The number of carbonyl (C=O) groups excluding carboxylic acids is 3. The van der Waals surface area contributed by atoms with E-state index in [0.717, 1.165) is 135 Å². The Hall–Kier alpha value is -4.62. The molecule has 1 heterocycles. The molecule has 12 nitrogen and oxygen atoms in total. The third-order valence-corrected chi connectivity index (χ3v) is 12.8. The number of hydrogen-bond donors (Lipinski definition) is 3. The minimum Gasteiger partial charge on any atom is -0.479 e. The Morgan fingerprint density at radius 3 is 1.27 bits per heavy atom. The van der Waals surface area contributed by atoms with Crippen LogP contribution in [-0.2, 0) is 42.9 Å². The lowest BCUT2D eigenvalue weighted by molar-refractivity contribution is -0.301.